The summed E-state index contributed by atoms with van der Waals surface area (Å²) in [6.07, 6.45) is 2.09. The lowest BCUT2D eigenvalue weighted by atomic mass is 10.2. The van der Waals surface area contributed by atoms with Gasteiger partial charge in [-0.1, -0.05) is 24.3 Å². The van der Waals surface area contributed by atoms with Crippen molar-refractivity contribution < 1.29 is 0 Å². The van der Waals surface area contributed by atoms with E-state index < -0.39 is 0 Å². The van der Waals surface area contributed by atoms with Crippen molar-refractivity contribution >= 4 is 22.8 Å². The maximum Gasteiger partial charge on any atom is 0.124 e. The van der Waals surface area contributed by atoms with E-state index in [1.807, 2.05) is 18.2 Å². The van der Waals surface area contributed by atoms with E-state index >= 15 is 0 Å². The smallest absolute Gasteiger partial charge is 0.124 e. The molecule has 108 valence electrons. The fourth-order valence-corrected chi connectivity index (χ4v) is 2.70. The van der Waals surface area contributed by atoms with Crippen LogP contribution in [0, 0.1) is 0 Å². The molecule has 4 heteroatoms. The van der Waals surface area contributed by atoms with Crippen LogP contribution in [0.5, 0.6) is 0 Å². The van der Waals surface area contributed by atoms with Crippen LogP contribution >= 0.6 is 11.8 Å². The molecule has 3 nitrogen and oxygen atoms in total. The van der Waals surface area contributed by atoms with Gasteiger partial charge in [-0.3, -0.25) is 0 Å². The maximum atomic E-state index is 4.63. The normalized spacial score (nSPS) is 12.7. The van der Waals surface area contributed by atoms with E-state index in [0.717, 1.165) is 23.4 Å². The number of aromatic amines is 1. The molecule has 0 bridgehead atoms. The van der Waals surface area contributed by atoms with Crippen molar-refractivity contribution in [3.63, 3.8) is 0 Å². The van der Waals surface area contributed by atoms with Gasteiger partial charge in [0.2, 0.25) is 0 Å². The number of rotatable bonds is 5. The Labute approximate surface area is 129 Å². The lowest BCUT2D eigenvalue weighted by molar-refractivity contribution is 0.552. The predicted molar refractivity (Wildman–Crippen MR) is 89.6 cm³/mol. The van der Waals surface area contributed by atoms with Gasteiger partial charge in [0.25, 0.3) is 0 Å². The fourth-order valence-electron chi connectivity index (χ4n) is 2.29. The van der Waals surface area contributed by atoms with Crippen molar-refractivity contribution in [3.05, 3.63) is 59.9 Å². The third kappa shape index (κ3) is 3.28. The molecule has 0 fully saturated rings. The Bertz CT molecular complexity index is 685. The molecule has 1 unspecified atom stereocenters. The lowest BCUT2D eigenvalue weighted by Gasteiger charge is -2.11. The largest absolute Gasteiger partial charge is 0.341 e. The number of fused-ring (bicyclic) bond motifs is 1. The van der Waals surface area contributed by atoms with Crippen molar-refractivity contribution in [2.75, 3.05) is 6.26 Å². The second kappa shape index (κ2) is 6.33. The molecule has 0 radical (unpaired) electrons. The summed E-state index contributed by atoms with van der Waals surface area (Å²) in [5, 5.41) is 3.51. The van der Waals surface area contributed by atoms with Crippen LogP contribution in [0.25, 0.3) is 11.0 Å². The van der Waals surface area contributed by atoms with E-state index in [1.54, 1.807) is 11.8 Å². The zero-order valence-electron chi connectivity index (χ0n) is 12.3. The lowest BCUT2D eigenvalue weighted by Crippen LogP contribution is -2.19. The topological polar surface area (TPSA) is 40.7 Å². The zero-order valence-corrected chi connectivity index (χ0v) is 13.1. The summed E-state index contributed by atoms with van der Waals surface area (Å²) in [6.45, 7) is 2.97. The molecule has 0 saturated carbocycles. The summed E-state index contributed by atoms with van der Waals surface area (Å²) in [7, 11) is 0. The van der Waals surface area contributed by atoms with Gasteiger partial charge in [0, 0.05) is 11.4 Å². The van der Waals surface area contributed by atoms with Crippen LogP contribution in [-0.4, -0.2) is 16.2 Å². The SMILES string of the molecule is CSc1ccc(CNC(C)c2nc3ccccc3[nH]2)cc1. The second-order valence-electron chi connectivity index (χ2n) is 5.09. The first kappa shape index (κ1) is 14.2. The number of thioether (sulfide) groups is 1. The predicted octanol–water partition coefficient (Wildman–Crippen LogP) is 4.14. The van der Waals surface area contributed by atoms with Crippen molar-refractivity contribution in [1.29, 1.82) is 0 Å². The minimum absolute atomic E-state index is 0.192. The molecule has 0 aliphatic heterocycles. The molecule has 1 atom stereocenters. The maximum absolute atomic E-state index is 4.63. The molecule has 0 saturated heterocycles. The fraction of sp³-hybridized carbons (Fsp3) is 0.235. The molecule has 0 spiro atoms. The molecule has 3 rings (SSSR count). The highest BCUT2D eigenvalue weighted by molar-refractivity contribution is 7.98. The summed E-state index contributed by atoms with van der Waals surface area (Å²) in [6, 6.07) is 17.0. The number of nitrogens with zero attached hydrogens (tertiary/aromatic N) is 1. The standard InChI is InChI=1S/C17H19N3S/c1-12(17-19-15-5-3-4-6-16(15)20-17)18-11-13-7-9-14(21-2)10-8-13/h3-10,12,18H,11H2,1-2H3,(H,19,20). The Hall–Kier alpha value is -1.78. The van der Waals surface area contributed by atoms with Crippen molar-refractivity contribution in [2.45, 2.75) is 24.4 Å². The molecule has 0 aliphatic rings. The highest BCUT2D eigenvalue weighted by atomic mass is 32.2. The molecule has 1 aromatic heterocycles. The number of benzene rings is 2. The molecule has 1 heterocycles. The first-order valence-corrected chi connectivity index (χ1v) is 8.29. The Morgan fingerprint density at radius 1 is 1.14 bits per heavy atom. The van der Waals surface area contributed by atoms with E-state index in [0.29, 0.717) is 0 Å². The van der Waals surface area contributed by atoms with Gasteiger partial charge in [0.1, 0.15) is 5.82 Å². The quantitative estimate of drug-likeness (QED) is 0.696. The van der Waals surface area contributed by atoms with Gasteiger partial charge in [0.15, 0.2) is 0 Å². The van der Waals surface area contributed by atoms with E-state index in [1.165, 1.54) is 10.5 Å². The van der Waals surface area contributed by atoms with Gasteiger partial charge in [-0.05, 0) is 43.0 Å². The summed E-state index contributed by atoms with van der Waals surface area (Å²) in [5.74, 6) is 0.983. The molecule has 0 aliphatic carbocycles. The van der Waals surface area contributed by atoms with Crippen LogP contribution in [-0.2, 0) is 6.54 Å². The number of para-hydroxylation sites is 2. The third-order valence-electron chi connectivity index (χ3n) is 3.59. The Morgan fingerprint density at radius 2 is 1.90 bits per heavy atom. The van der Waals surface area contributed by atoms with Gasteiger partial charge in [-0.15, -0.1) is 11.8 Å². The van der Waals surface area contributed by atoms with Gasteiger partial charge in [-0.25, -0.2) is 4.98 Å². The molecule has 2 aromatic carbocycles. The molecular weight excluding hydrogens is 278 g/mol. The summed E-state index contributed by atoms with van der Waals surface area (Å²) in [4.78, 5) is 9.30. The van der Waals surface area contributed by atoms with Crippen molar-refractivity contribution in [1.82, 2.24) is 15.3 Å². The van der Waals surface area contributed by atoms with Crippen molar-refractivity contribution in [3.8, 4) is 0 Å². The van der Waals surface area contributed by atoms with Crippen molar-refractivity contribution in [2.24, 2.45) is 0 Å². The molecule has 2 N–H and O–H groups in total. The van der Waals surface area contributed by atoms with Gasteiger partial charge in [0.05, 0.1) is 17.1 Å². The van der Waals surface area contributed by atoms with Gasteiger partial charge in [-0.2, -0.15) is 0 Å². The van der Waals surface area contributed by atoms with Gasteiger partial charge < -0.3 is 10.3 Å². The number of imidazole rings is 1. The average molecular weight is 297 g/mol. The number of hydrogen-bond donors (Lipinski definition) is 2. The van der Waals surface area contributed by atoms with Crippen LogP contribution < -0.4 is 5.32 Å². The second-order valence-corrected chi connectivity index (χ2v) is 5.97. The number of H-pyrrole nitrogens is 1. The first-order valence-electron chi connectivity index (χ1n) is 7.07. The highest BCUT2D eigenvalue weighted by Crippen LogP contribution is 2.17. The van der Waals surface area contributed by atoms with Crippen LogP contribution in [0.4, 0.5) is 0 Å². The van der Waals surface area contributed by atoms with Crippen LogP contribution in [0.15, 0.2) is 53.4 Å². The summed E-state index contributed by atoms with van der Waals surface area (Å²) < 4.78 is 0. The Morgan fingerprint density at radius 3 is 2.62 bits per heavy atom. The summed E-state index contributed by atoms with van der Waals surface area (Å²) >= 11 is 1.77. The molecular formula is C17H19N3S. The number of hydrogen-bond acceptors (Lipinski definition) is 3. The van der Waals surface area contributed by atoms with E-state index in [9.17, 15) is 0 Å². The summed E-state index contributed by atoms with van der Waals surface area (Å²) in [5.41, 5.74) is 3.40. The van der Waals surface area contributed by atoms with Gasteiger partial charge >= 0.3 is 0 Å². The van der Waals surface area contributed by atoms with Crippen LogP contribution in [0.2, 0.25) is 0 Å². The monoisotopic (exact) mass is 297 g/mol. The first-order chi connectivity index (χ1) is 10.3. The van der Waals surface area contributed by atoms with E-state index in [2.05, 4.69) is 58.8 Å². The minimum atomic E-state index is 0.192. The van der Waals surface area contributed by atoms with Crippen LogP contribution in [0.1, 0.15) is 24.4 Å². The Kier molecular flexibility index (Phi) is 4.27. The number of nitrogens with one attached hydrogen (secondary N) is 2. The molecule has 0 amide bonds. The number of aromatic nitrogens is 2. The van der Waals surface area contributed by atoms with E-state index in [-0.39, 0.29) is 6.04 Å². The Balaban J connectivity index is 1.66. The highest BCUT2D eigenvalue weighted by Gasteiger charge is 2.09. The van der Waals surface area contributed by atoms with Crippen LogP contribution in [0.3, 0.4) is 0 Å². The third-order valence-corrected chi connectivity index (χ3v) is 4.33. The zero-order chi connectivity index (χ0) is 14.7. The van der Waals surface area contributed by atoms with E-state index in [4.69, 9.17) is 0 Å². The molecule has 21 heavy (non-hydrogen) atoms. The molecule has 3 aromatic rings. The minimum Gasteiger partial charge on any atom is -0.341 e. The average Bonchev–Trinajstić information content (AvgIpc) is 2.97.